The molecular formula is C80H143N3O36P2. The van der Waals surface area contributed by atoms with Gasteiger partial charge in [0.2, 0.25) is 17.7 Å². The number of nitrogens with one attached hydrogen (secondary N) is 2. The van der Waals surface area contributed by atoms with E-state index in [-0.39, 0.29) is 145 Å². The quantitative estimate of drug-likeness (QED) is 0.0236. The summed E-state index contributed by atoms with van der Waals surface area (Å²) in [6.07, 6.45) is -6.02. The van der Waals surface area contributed by atoms with Crippen molar-refractivity contribution >= 4 is 62.3 Å². The molecule has 0 radical (unpaired) electrons. The number of aliphatic hydroxyl groups excluding tert-OH is 10. The molecule has 0 saturated carbocycles. The highest BCUT2D eigenvalue weighted by atomic mass is 31.2. The summed E-state index contributed by atoms with van der Waals surface area (Å²) in [4.78, 5) is 129. The van der Waals surface area contributed by atoms with Gasteiger partial charge in [-0.1, -0.05) is 40.5 Å². The molecule has 0 aromatic rings. The fourth-order valence-corrected chi connectivity index (χ4v) is 16.3. The van der Waals surface area contributed by atoms with Crippen molar-refractivity contribution in [3.8, 4) is 0 Å². The zero-order chi connectivity index (χ0) is 89.7. The summed E-state index contributed by atoms with van der Waals surface area (Å²) in [6.45, 7) is 5.00. The van der Waals surface area contributed by atoms with Crippen molar-refractivity contribution in [2.75, 3.05) is 120 Å². The van der Waals surface area contributed by atoms with E-state index in [0.29, 0.717) is 122 Å². The first-order chi connectivity index (χ1) is 57.7. The molecule has 41 heteroatoms. The SMILES string of the molecule is CO.COP(=O)(O)OC1C[C@H](C)O[C@@H]1COP(=O)(O)O[C@@H]1C[C@@H](CO)N(C(=O)CC(=O)NC(COCCC(=O)CCCCCC(=O)CCCCO[C@@H]2OC(CO)[C@H](O)[C@H](C)C2C)(COCCC(=O)CCCCCC(=O)CCCCO[C@@H]2OC(CO)[C@H](O)[C@H](O)C2C)COCCC(=O)NCCCCC(=O)CCCCO[C@@H]2OC(CO)[C@H](O)[C@H](O)C2C)C1. The molecule has 5 aliphatic rings. The lowest BCUT2D eigenvalue weighted by Crippen LogP contribution is -2.59. The van der Waals surface area contributed by atoms with E-state index in [4.69, 9.17) is 66.0 Å². The number of hydrogen-bond acceptors (Lipinski definition) is 34. The predicted octanol–water partition coefficient (Wildman–Crippen LogP) is 2.56. The summed E-state index contributed by atoms with van der Waals surface area (Å²) in [5.41, 5.74) is -1.69. The number of phosphoric ester groups is 2. The van der Waals surface area contributed by atoms with Crippen LogP contribution >= 0.6 is 15.6 Å². The number of ether oxygens (including phenoxy) is 10. The molecule has 0 bridgehead atoms. The average Bonchev–Trinajstić information content (AvgIpc) is 1.40. The molecule has 5 rings (SSSR count). The Morgan fingerprint density at radius 2 is 0.843 bits per heavy atom. The highest BCUT2D eigenvalue weighted by Gasteiger charge is 2.47. The number of hydrogen-bond donors (Lipinski definition) is 14. The van der Waals surface area contributed by atoms with Crippen molar-refractivity contribution in [2.24, 2.45) is 23.7 Å². The lowest BCUT2D eigenvalue weighted by atomic mass is 9.85. The van der Waals surface area contributed by atoms with Crippen LogP contribution in [0, 0.1) is 23.7 Å². The van der Waals surface area contributed by atoms with E-state index in [1.165, 1.54) is 0 Å². The van der Waals surface area contributed by atoms with Crippen molar-refractivity contribution in [3.05, 3.63) is 0 Å². The summed E-state index contributed by atoms with van der Waals surface area (Å²) >= 11 is 0. The maximum atomic E-state index is 14.4. The van der Waals surface area contributed by atoms with Crippen LogP contribution < -0.4 is 10.6 Å². The highest BCUT2D eigenvalue weighted by molar-refractivity contribution is 7.47. The number of amides is 3. The zero-order valence-corrected chi connectivity index (χ0v) is 73.5. The minimum absolute atomic E-state index is 0.0143. The molecule has 0 aliphatic carbocycles. The number of carbonyl (C=O) groups is 8. The van der Waals surface area contributed by atoms with Crippen molar-refractivity contribution in [3.63, 3.8) is 0 Å². The topological polar surface area (TPSA) is 570 Å². The van der Waals surface area contributed by atoms with Crippen LogP contribution in [0.2, 0.25) is 0 Å². The second-order valence-corrected chi connectivity index (χ2v) is 35.1. The van der Waals surface area contributed by atoms with E-state index in [9.17, 15) is 103 Å². The lowest BCUT2D eigenvalue weighted by Gasteiger charge is -2.41. The maximum Gasteiger partial charge on any atom is 0.472 e. The van der Waals surface area contributed by atoms with E-state index in [1.807, 2.05) is 13.8 Å². The number of likely N-dealkylation sites (tertiary alicyclic amines) is 1. The van der Waals surface area contributed by atoms with Gasteiger partial charge in [0.25, 0.3) is 0 Å². The smallest absolute Gasteiger partial charge is 0.400 e. The Kier molecular flexibility index (Phi) is 53.7. The van der Waals surface area contributed by atoms with Gasteiger partial charge in [0.15, 0.2) is 18.9 Å². The molecule has 39 nitrogen and oxygen atoms in total. The van der Waals surface area contributed by atoms with Crippen LogP contribution in [0.15, 0.2) is 0 Å². The molecule has 704 valence electrons. The van der Waals surface area contributed by atoms with E-state index in [0.717, 1.165) is 19.1 Å². The van der Waals surface area contributed by atoms with Crippen LogP contribution in [0.3, 0.4) is 0 Å². The first-order valence-electron chi connectivity index (χ1n) is 42.9. The number of ketones is 5. The third-order valence-corrected chi connectivity index (χ3v) is 24.4. The monoisotopic (exact) mass is 1780 g/mol. The summed E-state index contributed by atoms with van der Waals surface area (Å²) in [6, 6.07) is -1.02. The number of unbranched alkanes of at least 4 members (excludes halogenated alkanes) is 8. The second kappa shape index (κ2) is 59.3. The summed E-state index contributed by atoms with van der Waals surface area (Å²) in [5.74, 6) is -3.70. The lowest BCUT2D eigenvalue weighted by molar-refractivity contribution is -0.282. The standard InChI is InChI=1S/C79H139N3O35P2.CH4O/c1-51-39-63(117-118(100,101)104-6)67(112-51)47-111-119(102,103)116-62-40-56(43-83)82(42-62)70(94)41-69(93)81-79(48-105-36-29-60(90)23-11-7-9-21-57(87)26-14-18-33-108-76-53(3)52(2)71(95)64(44-84)113-76,49-106-37-30-61(91)24-12-8-10-22-58(88)27-15-19-34-109-77-54(4)72(96)74(98)65(45-85)114-77)50-107-38-31-68(92)80-32-17-13-25-59(89)28-16-20-35-110-78-55(5)73(97)75(99)66(46-86)115-78;1-2/h51-56,62-67,71-78,83-86,95-99H,7-50H2,1-6H3,(H,80,92)(H,81,93)(H,100,101)(H,102,103);2H,1H3/t51-,52+,53?,54?,55?,56-,62+,63?,64?,65?,66?,67+,71+,72+,73+,74-,75-,76+,77+,78+,79?;/m0./s1. The zero-order valence-electron chi connectivity index (χ0n) is 71.7. The van der Waals surface area contributed by atoms with Crippen LogP contribution in [0.5, 0.6) is 0 Å². The van der Waals surface area contributed by atoms with Crippen LogP contribution in [0.1, 0.15) is 214 Å². The molecule has 5 aliphatic heterocycles. The molecule has 14 N–H and O–H groups in total. The minimum atomic E-state index is -4.98. The fourth-order valence-electron chi connectivity index (χ4n) is 14.7. The van der Waals surface area contributed by atoms with Gasteiger partial charge in [0.1, 0.15) is 83.6 Å². The van der Waals surface area contributed by atoms with Crippen molar-refractivity contribution in [2.45, 2.75) is 318 Å². The molecule has 0 spiro atoms. The summed E-state index contributed by atoms with van der Waals surface area (Å²) in [5, 5.41) is 103. The van der Waals surface area contributed by atoms with Gasteiger partial charge in [-0.2, -0.15) is 0 Å². The van der Waals surface area contributed by atoms with Crippen molar-refractivity contribution < 1.29 is 174 Å². The average molecular weight is 1780 g/mol. The van der Waals surface area contributed by atoms with Crippen LogP contribution in [0.4, 0.5) is 0 Å². The molecule has 0 aromatic carbocycles. The van der Waals surface area contributed by atoms with Gasteiger partial charge in [0, 0.05) is 142 Å². The summed E-state index contributed by atoms with van der Waals surface area (Å²) < 4.78 is 104. The van der Waals surface area contributed by atoms with Crippen LogP contribution in [0.25, 0.3) is 0 Å². The largest absolute Gasteiger partial charge is 0.472 e. The number of phosphoric acid groups is 2. The molecule has 23 atom stereocenters. The van der Waals surface area contributed by atoms with E-state index >= 15 is 0 Å². The van der Waals surface area contributed by atoms with Gasteiger partial charge in [-0.25, -0.2) is 9.13 Å². The third-order valence-electron chi connectivity index (χ3n) is 22.3. The highest BCUT2D eigenvalue weighted by Crippen LogP contribution is 2.50. The molecular weight excluding hydrogens is 1640 g/mol. The number of carbonyl (C=O) groups excluding carboxylic acids is 8. The van der Waals surface area contributed by atoms with E-state index in [2.05, 4.69) is 15.2 Å². The summed E-state index contributed by atoms with van der Waals surface area (Å²) in [7, 11) is -7.51. The Balaban J connectivity index is 0.0000153. The number of aliphatic hydroxyl groups is 10. The molecule has 3 amide bonds. The van der Waals surface area contributed by atoms with E-state index < -0.39 is 208 Å². The first kappa shape index (κ1) is 110. The minimum Gasteiger partial charge on any atom is -0.400 e. The molecule has 121 heavy (non-hydrogen) atoms. The second-order valence-electron chi connectivity index (χ2n) is 32.2. The molecule has 5 heterocycles. The van der Waals surface area contributed by atoms with Gasteiger partial charge >= 0.3 is 15.6 Å². The number of nitrogens with zero attached hydrogens (tertiary/aromatic N) is 1. The van der Waals surface area contributed by atoms with Gasteiger partial charge in [-0.15, -0.1) is 0 Å². The third kappa shape index (κ3) is 41.0. The first-order valence-corrected chi connectivity index (χ1v) is 45.8. The molecule has 5 fully saturated rings. The van der Waals surface area contributed by atoms with Crippen molar-refractivity contribution in [1.29, 1.82) is 0 Å². The van der Waals surface area contributed by atoms with Gasteiger partial charge < -0.3 is 124 Å². The Morgan fingerprint density at radius 3 is 1.27 bits per heavy atom. The fraction of sp³-hybridized carbons (Fsp3) is 0.900. The Morgan fingerprint density at radius 1 is 0.438 bits per heavy atom. The van der Waals surface area contributed by atoms with Gasteiger partial charge in [-0.05, 0) is 96.3 Å². The molecule has 10 unspecified atom stereocenters. The van der Waals surface area contributed by atoms with Gasteiger partial charge in [-0.3, -0.25) is 56.5 Å². The van der Waals surface area contributed by atoms with Crippen molar-refractivity contribution in [1.82, 2.24) is 15.5 Å². The Bertz CT molecular complexity index is 2880. The van der Waals surface area contributed by atoms with E-state index in [1.54, 1.807) is 20.8 Å². The number of Topliss-reactive ketones (excluding diaryl/α,β-unsaturated/α-hetero) is 5. The maximum absolute atomic E-state index is 14.4. The Labute approximate surface area is 710 Å². The molecule has 0 aromatic heterocycles. The van der Waals surface area contributed by atoms with Crippen LogP contribution in [-0.2, 0) is 113 Å². The number of rotatable bonds is 65. The Hall–Kier alpha value is -3.82. The van der Waals surface area contributed by atoms with Gasteiger partial charge in [0.05, 0.1) is 109 Å². The predicted molar refractivity (Wildman–Crippen MR) is 430 cm³/mol. The normalized spacial score (nSPS) is 28.9. The molecule has 5 saturated heterocycles. The van der Waals surface area contributed by atoms with Crippen LogP contribution in [-0.4, -0.2) is 336 Å².